The fourth-order valence-electron chi connectivity index (χ4n) is 1.01. The Morgan fingerprint density at radius 2 is 1.57 bits per heavy atom. The van der Waals surface area contributed by atoms with Crippen molar-refractivity contribution < 1.29 is 0 Å². The molecule has 1 saturated carbocycles. The Morgan fingerprint density at radius 3 is 1.86 bits per heavy atom. The molecule has 1 radical (unpaired) electrons. The van der Waals surface area contributed by atoms with Crippen molar-refractivity contribution in [3.8, 4) is 0 Å². The first-order valence-corrected chi connectivity index (χ1v) is 3.00. The van der Waals surface area contributed by atoms with E-state index >= 15 is 0 Å². The summed E-state index contributed by atoms with van der Waals surface area (Å²) in [4.78, 5) is 0. The van der Waals surface area contributed by atoms with E-state index in [1.54, 1.807) is 0 Å². The summed E-state index contributed by atoms with van der Waals surface area (Å²) in [6, 6.07) is 1.21. The lowest BCUT2D eigenvalue weighted by Gasteiger charge is -2.14. The largest absolute Gasteiger partial charge is 0.324 e. The minimum absolute atomic E-state index is 1.18. The topological polar surface area (TPSA) is 26.0 Å². The second kappa shape index (κ2) is 2.31. The molecule has 0 amide bonds. The van der Waals surface area contributed by atoms with E-state index in [0.29, 0.717) is 0 Å². The lowest BCUT2D eigenvalue weighted by Crippen LogP contribution is -2.12. The molecule has 0 unspecified atom stereocenters. The van der Waals surface area contributed by atoms with Crippen molar-refractivity contribution >= 4 is 0 Å². The normalized spacial score (nSPS) is 25.3. The van der Waals surface area contributed by atoms with Crippen LogP contribution < -0.4 is 5.73 Å². The monoisotopic (exact) mass is 98.1 g/mol. The van der Waals surface area contributed by atoms with Crippen LogP contribution in [0.15, 0.2) is 0 Å². The second-order valence-corrected chi connectivity index (χ2v) is 2.22. The first-order chi connectivity index (χ1) is 3.39. The van der Waals surface area contributed by atoms with Crippen LogP contribution in [0.4, 0.5) is 0 Å². The van der Waals surface area contributed by atoms with Crippen molar-refractivity contribution in [2.45, 2.75) is 32.1 Å². The van der Waals surface area contributed by atoms with Crippen molar-refractivity contribution in [1.82, 2.24) is 0 Å². The molecular weight excluding hydrogens is 86.1 g/mol. The van der Waals surface area contributed by atoms with Gasteiger partial charge in [0, 0.05) is 6.04 Å². The van der Waals surface area contributed by atoms with Crippen LogP contribution in [-0.4, -0.2) is 0 Å². The van der Waals surface area contributed by atoms with Crippen molar-refractivity contribution in [1.29, 1.82) is 0 Å². The van der Waals surface area contributed by atoms with Gasteiger partial charge in [-0.1, -0.05) is 19.3 Å². The van der Waals surface area contributed by atoms with Gasteiger partial charge in [-0.05, 0) is 12.8 Å². The molecule has 0 heterocycles. The van der Waals surface area contributed by atoms with Gasteiger partial charge in [-0.3, -0.25) is 0 Å². The van der Waals surface area contributed by atoms with E-state index in [9.17, 15) is 0 Å². The van der Waals surface area contributed by atoms with Gasteiger partial charge in [-0.15, -0.1) is 0 Å². The van der Waals surface area contributed by atoms with Crippen LogP contribution in [0.2, 0.25) is 0 Å². The molecule has 41 valence electrons. The molecule has 1 heteroatoms. The number of hydrogen-bond acceptors (Lipinski definition) is 1. The van der Waals surface area contributed by atoms with Crippen LogP contribution >= 0.6 is 0 Å². The Kier molecular flexibility index (Phi) is 1.69. The van der Waals surface area contributed by atoms with Crippen molar-refractivity contribution in [2.24, 2.45) is 5.73 Å². The quantitative estimate of drug-likeness (QED) is 0.487. The number of rotatable bonds is 0. The van der Waals surface area contributed by atoms with E-state index in [4.69, 9.17) is 5.73 Å². The van der Waals surface area contributed by atoms with Gasteiger partial charge in [-0.25, -0.2) is 0 Å². The smallest absolute Gasteiger partial charge is 0.0336 e. The van der Waals surface area contributed by atoms with Crippen LogP contribution in [0.25, 0.3) is 0 Å². The first kappa shape index (κ1) is 5.10. The van der Waals surface area contributed by atoms with Gasteiger partial charge >= 0.3 is 0 Å². The molecule has 1 aliphatic rings. The molecule has 0 atom stereocenters. The van der Waals surface area contributed by atoms with E-state index in [2.05, 4.69) is 0 Å². The zero-order valence-corrected chi connectivity index (χ0v) is 4.61. The summed E-state index contributed by atoms with van der Waals surface area (Å²) in [6.07, 6.45) is 6.40. The summed E-state index contributed by atoms with van der Waals surface area (Å²) in [5.74, 6) is 0. The lowest BCUT2D eigenvalue weighted by molar-refractivity contribution is 0.529. The fraction of sp³-hybridized carbons (Fsp3) is 0.833. The third-order valence-corrected chi connectivity index (χ3v) is 1.50. The Bertz CT molecular complexity index is 46.1. The summed E-state index contributed by atoms with van der Waals surface area (Å²) in [6.45, 7) is 0. The Hall–Kier alpha value is -0.0400. The third kappa shape index (κ3) is 1.48. The van der Waals surface area contributed by atoms with Gasteiger partial charge in [0.25, 0.3) is 0 Å². The zero-order valence-electron chi connectivity index (χ0n) is 4.61. The Balaban J connectivity index is 2.12. The molecule has 1 rings (SSSR count). The molecule has 0 aromatic rings. The first-order valence-electron chi connectivity index (χ1n) is 3.00. The van der Waals surface area contributed by atoms with Gasteiger partial charge < -0.3 is 5.73 Å². The van der Waals surface area contributed by atoms with Crippen LogP contribution in [0.3, 0.4) is 0 Å². The maximum atomic E-state index is 5.55. The summed E-state index contributed by atoms with van der Waals surface area (Å²) >= 11 is 0. The van der Waals surface area contributed by atoms with Gasteiger partial charge in [0.2, 0.25) is 0 Å². The lowest BCUT2D eigenvalue weighted by atomic mass is 9.97. The van der Waals surface area contributed by atoms with Gasteiger partial charge in [0.1, 0.15) is 0 Å². The molecule has 0 aromatic carbocycles. The Labute approximate surface area is 44.9 Å². The molecule has 7 heavy (non-hydrogen) atoms. The van der Waals surface area contributed by atoms with Crippen molar-refractivity contribution in [3.05, 3.63) is 6.04 Å². The summed E-state index contributed by atoms with van der Waals surface area (Å²) in [5, 5.41) is 0. The molecule has 1 fully saturated rings. The van der Waals surface area contributed by atoms with E-state index in [-0.39, 0.29) is 0 Å². The number of nitrogens with two attached hydrogens (primary N) is 1. The third-order valence-electron chi connectivity index (χ3n) is 1.50. The maximum absolute atomic E-state index is 5.55. The van der Waals surface area contributed by atoms with Gasteiger partial charge in [-0.2, -0.15) is 0 Å². The summed E-state index contributed by atoms with van der Waals surface area (Å²) in [7, 11) is 0. The van der Waals surface area contributed by atoms with E-state index < -0.39 is 0 Å². The fourth-order valence-corrected chi connectivity index (χ4v) is 1.01. The highest BCUT2D eigenvalue weighted by Gasteiger charge is 2.07. The molecule has 0 aromatic heterocycles. The minimum atomic E-state index is 1.18. The van der Waals surface area contributed by atoms with Crippen LogP contribution in [-0.2, 0) is 0 Å². The molecule has 1 aliphatic carbocycles. The van der Waals surface area contributed by atoms with Crippen molar-refractivity contribution in [2.75, 3.05) is 0 Å². The average molecular weight is 98.2 g/mol. The van der Waals surface area contributed by atoms with Crippen LogP contribution in [0.1, 0.15) is 32.1 Å². The predicted octanol–water partition coefficient (Wildman–Crippen LogP) is 1.44. The molecule has 0 aliphatic heterocycles. The SMILES string of the molecule is N[C]1CCCCC1. The molecule has 0 spiro atoms. The average Bonchev–Trinajstić information content (AvgIpc) is 1.69. The summed E-state index contributed by atoms with van der Waals surface area (Å²) in [5.41, 5.74) is 5.55. The zero-order chi connectivity index (χ0) is 5.11. The highest BCUT2D eigenvalue weighted by atomic mass is 14.6. The highest BCUT2D eigenvalue weighted by molar-refractivity contribution is 4.84. The minimum Gasteiger partial charge on any atom is -0.324 e. The maximum Gasteiger partial charge on any atom is 0.0336 e. The van der Waals surface area contributed by atoms with E-state index in [0.717, 1.165) is 0 Å². The highest BCUT2D eigenvalue weighted by Crippen LogP contribution is 2.19. The van der Waals surface area contributed by atoms with E-state index in [1.165, 1.54) is 38.1 Å². The molecule has 1 nitrogen and oxygen atoms in total. The molecular formula is C6H12N. The van der Waals surface area contributed by atoms with Crippen LogP contribution in [0.5, 0.6) is 0 Å². The standard InChI is InChI=1S/C6H12N/c7-6-4-2-1-3-5-6/h1-5,7H2. The van der Waals surface area contributed by atoms with Crippen LogP contribution in [0, 0.1) is 6.04 Å². The molecule has 2 N–H and O–H groups in total. The molecule has 0 saturated heterocycles. The number of hydrogen-bond donors (Lipinski definition) is 1. The van der Waals surface area contributed by atoms with Crippen molar-refractivity contribution in [3.63, 3.8) is 0 Å². The van der Waals surface area contributed by atoms with E-state index in [1.807, 2.05) is 0 Å². The van der Waals surface area contributed by atoms with Gasteiger partial charge in [0.05, 0.1) is 0 Å². The van der Waals surface area contributed by atoms with Gasteiger partial charge in [0.15, 0.2) is 0 Å². The second-order valence-electron chi connectivity index (χ2n) is 2.22. The predicted molar refractivity (Wildman–Crippen MR) is 30.5 cm³/mol. The Morgan fingerprint density at radius 1 is 1.00 bits per heavy atom. The summed E-state index contributed by atoms with van der Waals surface area (Å²) < 4.78 is 0. The molecule has 0 bridgehead atoms.